The number of thiazole rings is 1. The molecule has 0 spiro atoms. The number of thiophene rings is 1. The van der Waals surface area contributed by atoms with Crippen molar-refractivity contribution >= 4 is 62.4 Å². The molecule has 0 aliphatic heterocycles. The van der Waals surface area contributed by atoms with Gasteiger partial charge in [-0.1, -0.05) is 23.5 Å². The monoisotopic (exact) mass is 458 g/mol. The number of fused-ring (bicyclic) bond motifs is 1. The molecule has 30 heavy (non-hydrogen) atoms. The predicted molar refractivity (Wildman–Crippen MR) is 129 cm³/mol. The number of carbonyl (C=O) groups is 1. The lowest BCUT2D eigenvalue weighted by atomic mass is 10.1. The minimum atomic E-state index is -0.0440. The zero-order valence-corrected chi connectivity index (χ0v) is 19.3. The van der Waals surface area contributed by atoms with Crippen molar-refractivity contribution in [2.75, 3.05) is 11.4 Å². The highest BCUT2D eigenvalue weighted by Crippen LogP contribution is 2.32. The SMILES string of the molecule is Cc1cc(C)c2nc(N(CCCn3ccnc3)C(=O)/C=C/c3cccs3)sc2c1.Cl. The van der Waals surface area contributed by atoms with Gasteiger partial charge in [0.05, 0.1) is 16.5 Å². The van der Waals surface area contributed by atoms with Gasteiger partial charge in [0.2, 0.25) is 0 Å². The third-order valence-corrected chi connectivity index (χ3v) is 6.47. The summed E-state index contributed by atoms with van der Waals surface area (Å²) in [6.45, 7) is 5.56. The van der Waals surface area contributed by atoms with Crippen molar-refractivity contribution in [2.24, 2.45) is 0 Å². The van der Waals surface area contributed by atoms with Crippen LogP contribution >= 0.6 is 35.1 Å². The molecule has 8 heteroatoms. The number of aryl methyl sites for hydroxylation is 3. The largest absolute Gasteiger partial charge is 0.337 e. The lowest BCUT2D eigenvalue weighted by Crippen LogP contribution is -2.30. The van der Waals surface area contributed by atoms with Gasteiger partial charge in [-0.15, -0.1) is 23.7 Å². The lowest BCUT2D eigenvalue weighted by molar-refractivity contribution is -0.114. The van der Waals surface area contributed by atoms with Gasteiger partial charge in [0.1, 0.15) is 0 Å². The molecule has 0 radical (unpaired) electrons. The number of aromatic nitrogens is 3. The molecule has 0 fully saturated rings. The van der Waals surface area contributed by atoms with Crippen molar-refractivity contribution in [3.63, 3.8) is 0 Å². The molecule has 156 valence electrons. The molecule has 0 bridgehead atoms. The Labute approximate surface area is 190 Å². The number of halogens is 1. The molecule has 0 atom stereocenters. The fourth-order valence-corrected chi connectivity index (χ4v) is 5.03. The van der Waals surface area contributed by atoms with E-state index in [1.54, 1.807) is 46.2 Å². The van der Waals surface area contributed by atoms with E-state index in [0.29, 0.717) is 6.54 Å². The maximum Gasteiger partial charge on any atom is 0.252 e. The highest BCUT2D eigenvalue weighted by molar-refractivity contribution is 7.22. The van der Waals surface area contributed by atoms with Crippen LogP contribution in [0.25, 0.3) is 16.3 Å². The molecule has 3 heterocycles. The van der Waals surface area contributed by atoms with E-state index in [0.717, 1.165) is 38.8 Å². The molecule has 1 aromatic carbocycles. The average Bonchev–Trinajstić information content (AvgIpc) is 3.44. The van der Waals surface area contributed by atoms with Crippen molar-refractivity contribution in [3.05, 3.63) is 70.4 Å². The summed E-state index contributed by atoms with van der Waals surface area (Å²) in [5.41, 5.74) is 3.33. The number of imidazole rings is 1. The fourth-order valence-electron chi connectivity index (χ4n) is 3.23. The molecule has 0 aliphatic carbocycles. The quantitative estimate of drug-likeness (QED) is 0.332. The molecule has 1 amide bonds. The average molecular weight is 459 g/mol. The summed E-state index contributed by atoms with van der Waals surface area (Å²) in [5, 5.41) is 2.76. The maximum atomic E-state index is 13.1. The molecule has 0 saturated carbocycles. The van der Waals surface area contributed by atoms with Crippen molar-refractivity contribution < 1.29 is 4.79 Å². The molecular formula is C22H23ClN4OS2. The maximum absolute atomic E-state index is 13.1. The number of hydrogen-bond acceptors (Lipinski definition) is 5. The van der Waals surface area contributed by atoms with E-state index in [9.17, 15) is 4.79 Å². The Balaban J connectivity index is 0.00000256. The van der Waals surface area contributed by atoms with Crippen LogP contribution in [-0.4, -0.2) is 27.0 Å². The van der Waals surface area contributed by atoms with Gasteiger partial charge in [-0.25, -0.2) is 9.97 Å². The first-order chi connectivity index (χ1) is 14.1. The molecule has 4 aromatic rings. The van der Waals surface area contributed by atoms with Crippen LogP contribution in [0.1, 0.15) is 22.4 Å². The number of rotatable bonds is 7. The lowest BCUT2D eigenvalue weighted by Gasteiger charge is -2.18. The van der Waals surface area contributed by atoms with Gasteiger partial charge >= 0.3 is 0 Å². The second-order valence-corrected chi connectivity index (χ2v) is 8.91. The van der Waals surface area contributed by atoms with Gasteiger partial charge in [-0.2, -0.15) is 0 Å². The van der Waals surface area contributed by atoms with Gasteiger partial charge in [-0.05, 0) is 55.0 Å². The Morgan fingerprint density at radius 2 is 2.17 bits per heavy atom. The highest BCUT2D eigenvalue weighted by Gasteiger charge is 2.18. The van der Waals surface area contributed by atoms with Crippen molar-refractivity contribution in [2.45, 2.75) is 26.8 Å². The van der Waals surface area contributed by atoms with Crippen molar-refractivity contribution in [1.29, 1.82) is 0 Å². The number of amides is 1. The number of benzene rings is 1. The van der Waals surface area contributed by atoms with Gasteiger partial charge < -0.3 is 4.57 Å². The molecule has 0 saturated heterocycles. The summed E-state index contributed by atoms with van der Waals surface area (Å²) in [5.74, 6) is -0.0440. The summed E-state index contributed by atoms with van der Waals surface area (Å²) in [7, 11) is 0. The van der Waals surface area contributed by atoms with Crippen LogP contribution in [0.15, 0.2) is 54.4 Å². The molecule has 5 nitrogen and oxygen atoms in total. The molecule has 0 N–H and O–H groups in total. The van der Waals surface area contributed by atoms with Crippen LogP contribution in [0, 0.1) is 13.8 Å². The first kappa shape index (κ1) is 22.2. The normalized spacial score (nSPS) is 11.1. The summed E-state index contributed by atoms with van der Waals surface area (Å²) in [6.07, 6.45) is 9.85. The second-order valence-electron chi connectivity index (χ2n) is 6.92. The summed E-state index contributed by atoms with van der Waals surface area (Å²) in [4.78, 5) is 24.8. The first-order valence-electron chi connectivity index (χ1n) is 9.47. The van der Waals surface area contributed by atoms with Gasteiger partial charge in [0, 0.05) is 36.4 Å². The summed E-state index contributed by atoms with van der Waals surface area (Å²) < 4.78 is 3.14. The van der Waals surface area contributed by atoms with Gasteiger partial charge in [-0.3, -0.25) is 9.69 Å². The van der Waals surface area contributed by atoms with Gasteiger partial charge in [0.15, 0.2) is 5.13 Å². The third kappa shape index (κ3) is 5.16. The summed E-state index contributed by atoms with van der Waals surface area (Å²) >= 11 is 3.19. The third-order valence-electron chi connectivity index (χ3n) is 4.61. The highest BCUT2D eigenvalue weighted by atomic mass is 35.5. The van der Waals surface area contributed by atoms with E-state index < -0.39 is 0 Å². The van der Waals surface area contributed by atoms with Crippen LogP contribution in [0.3, 0.4) is 0 Å². The van der Waals surface area contributed by atoms with E-state index in [1.165, 1.54) is 5.56 Å². The Bertz CT molecular complexity index is 1130. The molecular weight excluding hydrogens is 436 g/mol. The smallest absolute Gasteiger partial charge is 0.252 e. The minimum Gasteiger partial charge on any atom is -0.337 e. The number of carbonyl (C=O) groups excluding carboxylic acids is 1. The van der Waals surface area contributed by atoms with E-state index >= 15 is 0 Å². The van der Waals surface area contributed by atoms with Crippen LogP contribution in [0.2, 0.25) is 0 Å². The summed E-state index contributed by atoms with van der Waals surface area (Å²) in [6, 6.07) is 8.25. The van der Waals surface area contributed by atoms with Crippen LogP contribution in [0.4, 0.5) is 5.13 Å². The molecule has 0 aliphatic rings. The number of nitrogens with zero attached hydrogens (tertiary/aromatic N) is 4. The predicted octanol–water partition coefficient (Wildman–Crippen LogP) is 5.73. The first-order valence-corrected chi connectivity index (χ1v) is 11.2. The van der Waals surface area contributed by atoms with Crippen LogP contribution in [-0.2, 0) is 11.3 Å². The van der Waals surface area contributed by atoms with E-state index in [2.05, 4.69) is 31.0 Å². The Kier molecular flexibility index (Phi) is 7.42. The molecule has 4 rings (SSSR count). The van der Waals surface area contributed by atoms with E-state index in [-0.39, 0.29) is 18.3 Å². The zero-order valence-electron chi connectivity index (χ0n) is 16.8. The van der Waals surface area contributed by atoms with Crippen LogP contribution < -0.4 is 4.90 Å². The Morgan fingerprint density at radius 3 is 2.90 bits per heavy atom. The van der Waals surface area contributed by atoms with Crippen molar-refractivity contribution in [1.82, 2.24) is 14.5 Å². The number of hydrogen-bond donors (Lipinski definition) is 0. The van der Waals surface area contributed by atoms with E-state index in [1.807, 2.05) is 34.4 Å². The topological polar surface area (TPSA) is 51.0 Å². The Morgan fingerprint density at radius 1 is 1.30 bits per heavy atom. The minimum absolute atomic E-state index is 0. The standard InChI is InChI=1S/C22H22N4OS2.ClH/c1-16-13-17(2)21-19(14-16)29-22(24-21)26(10-4-9-25-11-8-23-15-25)20(27)7-6-18-5-3-12-28-18;/h3,5-8,11-15H,4,9-10H2,1-2H3;1H/b7-6+;. The number of anilines is 1. The fraction of sp³-hybridized carbons (Fsp3) is 0.227. The van der Waals surface area contributed by atoms with Gasteiger partial charge in [0.25, 0.3) is 5.91 Å². The second kappa shape index (κ2) is 10.0. The zero-order chi connectivity index (χ0) is 20.2. The van der Waals surface area contributed by atoms with E-state index in [4.69, 9.17) is 4.98 Å². The van der Waals surface area contributed by atoms with Crippen LogP contribution in [0.5, 0.6) is 0 Å². The Hall–Kier alpha value is -2.48. The molecule has 0 unspecified atom stereocenters. The molecule has 3 aromatic heterocycles. The van der Waals surface area contributed by atoms with Crippen molar-refractivity contribution in [3.8, 4) is 0 Å².